The van der Waals surface area contributed by atoms with E-state index >= 15 is 0 Å². The molecular weight excluding hydrogens is 751 g/mol. The lowest BCUT2D eigenvalue weighted by molar-refractivity contribution is -0.149. The van der Waals surface area contributed by atoms with Gasteiger partial charge in [-0.3, -0.25) is 24.1 Å². The van der Waals surface area contributed by atoms with Crippen molar-refractivity contribution >= 4 is 29.5 Å². The smallest absolute Gasteiger partial charge is 0.419 e. The highest BCUT2D eigenvalue weighted by Crippen LogP contribution is 2.34. The van der Waals surface area contributed by atoms with Crippen molar-refractivity contribution in [2.45, 2.75) is 130 Å². The van der Waals surface area contributed by atoms with Gasteiger partial charge in [0.15, 0.2) is 5.78 Å². The molecule has 13 nitrogen and oxygen atoms in total. The summed E-state index contributed by atoms with van der Waals surface area (Å²) in [5.41, 5.74) is 0.776. The molecule has 1 saturated heterocycles. The zero-order valence-electron chi connectivity index (χ0n) is 38.0. The first-order valence-electron chi connectivity index (χ1n) is 21.5. The van der Waals surface area contributed by atoms with Gasteiger partial charge in [-0.15, -0.1) is 0 Å². The largest absolute Gasteiger partial charge is 0.440 e. The van der Waals surface area contributed by atoms with Gasteiger partial charge in [-0.2, -0.15) is 0 Å². The normalized spacial score (nSPS) is 19.1. The number of benzene rings is 1. The summed E-state index contributed by atoms with van der Waals surface area (Å²) in [5, 5.41) is 0. The number of ketones is 2. The Morgan fingerprint density at radius 2 is 1.51 bits per heavy atom. The molecule has 0 spiro atoms. The SMILES string of the molecule is CC[C@H](C)[C@@H]([C@@H](CC(=O)N1CCC[C@H]1[C@H](OC)[C@@H](C)C(=O)C[C@H](C)[C@@H](OC(=O)n1ccnc1)c1ccccc1)OC)N(C)C(=O)[C@@H](CC(=O)[C@H](C(C)C)N(C)C)C(C)C. The van der Waals surface area contributed by atoms with Crippen molar-refractivity contribution in [1.82, 2.24) is 24.3 Å². The number of hydrogen-bond donors (Lipinski definition) is 0. The molecule has 0 bridgehead atoms. The number of likely N-dealkylation sites (tertiary alicyclic amines) is 1. The van der Waals surface area contributed by atoms with Gasteiger partial charge in [0.05, 0.1) is 36.8 Å². The molecule has 2 amide bonds. The minimum atomic E-state index is -0.687. The van der Waals surface area contributed by atoms with E-state index in [1.54, 1.807) is 26.2 Å². The van der Waals surface area contributed by atoms with E-state index in [4.69, 9.17) is 14.2 Å². The Labute approximate surface area is 353 Å². The summed E-state index contributed by atoms with van der Waals surface area (Å²) in [4.78, 5) is 78.8. The molecule has 2 heterocycles. The molecule has 2 aromatic rings. The second-order valence-corrected chi connectivity index (χ2v) is 17.6. The third-order valence-electron chi connectivity index (χ3n) is 12.5. The Balaban J connectivity index is 1.79. The van der Waals surface area contributed by atoms with Crippen LogP contribution in [0.25, 0.3) is 0 Å². The van der Waals surface area contributed by atoms with Crippen molar-refractivity contribution < 1.29 is 38.2 Å². The number of carbonyl (C=O) groups is 5. The van der Waals surface area contributed by atoms with Crippen molar-refractivity contribution in [2.24, 2.45) is 35.5 Å². The lowest BCUT2D eigenvalue weighted by atomic mass is 9.83. The number of aromatic nitrogens is 2. The minimum Gasteiger partial charge on any atom is -0.440 e. The molecule has 0 unspecified atom stereocenters. The number of ether oxygens (including phenoxy) is 3. The van der Waals surface area contributed by atoms with Crippen LogP contribution in [-0.2, 0) is 33.4 Å². The van der Waals surface area contributed by atoms with Crippen LogP contribution in [0.1, 0.15) is 106 Å². The van der Waals surface area contributed by atoms with Crippen molar-refractivity contribution in [3.63, 3.8) is 0 Å². The monoisotopic (exact) mass is 824 g/mol. The summed E-state index contributed by atoms with van der Waals surface area (Å²) < 4.78 is 19.3. The summed E-state index contributed by atoms with van der Waals surface area (Å²) >= 11 is 0. The Kier molecular flexibility index (Phi) is 19.4. The number of Topliss-reactive ketones (excluding diaryl/α,β-unsaturated/α-hetero) is 2. The van der Waals surface area contributed by atoms with Gasteiger partial charge in [0.25, 0.3) is 0 Å². The molecule has 0 radical (unpaired) electrons. The number of hydrogen-bond acceptors (Lipinski definition) is 10. The third-order valence-corrected chi connectivity index (χ3v) is 12.5. The van der Waals surface area contributed by atoms with Crippen LogP contribution >= 0.6 is 0 Å². The Morgan fingerprint density at radius 1 is 0.847 bits per heavy atom. The van der Waals surface area contributed by atoms with E-state index < -0.39 is 42.3 Å². The van der Waals surface area contributed by atoms with Gasteiger partial charge >= 0.3 is 6.09 Å². The van der Waals surface area contributed by atoms with Crippen molar-refractivity contribution in [3.05, 3.63) is 54.6 Å². The minimum absolute atomic E-state index is 0.00457. The van der Waals surface area contributed by atoms with Crippen LogP contribution in [0.5, 0.6) is 0 Å². The first kappa shape index (κ1) is 49.4. The van der Waals surface area contributed by atoms with E-state index in [0.717, 1.165) is 18.4 Å². The van der Waals surface area contributed by atoms with Crippen LogP contribution in [0, 0.1) is 35.5 Å². The summed E-state index contributed by atoms with van der Waals surface area (Å²) in [6.07, 6.45) is 4.41. The predicted octanol–water partition coefficient (Wildman–Crippen LogP) is 6.94. The first-order valence-corrected chi connectivity index (χ1v) is 21.5. The molecule has 1 aromatic carbocycles. The van der Waals surface area contributed by atoms with Gasteiger partial charge in [-0.05, 0) is 50.3 Å². The van der Waals surface area contributed by atoms with E-state index in [1.165, 1.54) is 23.3 Å². The molecule has 1 aromatic heterocycles. The third kappa shape index (κ3) is 12.8. The van der Waals surface area contributed by atoms with E-state index in [9.17, 15) is 24.0 Å². The molecule has 0 aliphatic carbocycles. The number of amides is 2. The van der Waals surface area contributed by atoms with Gasteiger partial charge in [-0.25, -0.2) is 14.3 Å². The lowest BCUT2D eigenvalue weighted by Gasteiger charge is -2.41. The van der Waals surface area contributed by atoms with E-state index in [1.807, 2.05) is 95.8 Å². The lowest BCUT2D eigenvalue weighted by Crippen LogP contribution is -2.54. The number of likely N-dealkylation sites (N-methyl/N-ethyl adjacent to an activating group) is 2. The summed E-state index contributed by atoms with van der Waals surface area (Å²) in [6, 6.07) is 8.31. The van der Waals surface area contributed by atoms with Crippen LogP contribution < -0.4 is 0 Å². The average molecular weight is 824 g/mol. The molecule has 0 saturated carbocycles. The van der Waals surface area contributed by atoms with Gasteiger partial charge in [0.1, 0.15) is 18.2 Å². The number of rotatable bonds is 23. The molecule has 10 atom stereocenters. The maximum atomic E-state index is 14.4. The summed E-state index contributed by atoms with van der Waals surface area (Å²) in [5.74, 6) is -1.68. The molecule has 59 heavy (non-hydrogen) atoms. The van der Waals surface area contributed by atoms with Gasteiger partial charge < -0.3 is 24.0 Å². The molecule has 1 aliphatic heterocycles. The van der Waals surface area contributed by atoms with Crippen LogP contribution in [-0.4, -0.2) is 126 Å². The molecule has 0 N–H and O–H groups in total. The van der Waals surface area contributed by atoms with Crippen molar-refractivity contribution in [3.8, 4) is 0 Å². The van der Waals surface area contributed by atoms with Gasteiger partial charge in [-0.1, -0.05) is 92.1 Å². The van der Waals surface area contributed by atoms with Crippen LogP contribution in [0.4, 0.5) is 4.79 Å². The highest BCUT2D eigenvalue weighted by atomic mass is 16.6. The first-order chi connectivity index (χ1) is 27.9. The van der Waals surface area contributed by atoms with Crippen LogP contribution in [0.3, 0.4) is 0 Å². The highest BCUT2D eigenvalue weighted by molar-refractivity contribution is 5.90. The van der Waals surface area contributed by atoms with E-state index in [0.29, 0.717) is 13.0 Å². The number of methoxy groups -OCH3 is 2. The maximum Gasteiger partial charge on any atom is 0.419 e. The zero-order valence-corrected chi connectivity index (χ0v) is 38.0. The number of imidazole rings is 1. The fourth-order valence-electron chi connectivity index (χ4n) is 9.11. The Bertz CT molecular complexity index is 1620. The highest BCUT2D eigenvalue weighted by Gasteiger charge is 2.43. The number of carbonyl (C=O) groups excluding carboxylic acids is 5. The van der Waals surface area contributed by atoms with Crippen molar-refractivity contribution in [2.75, 3.05) is 41.9 Å². The quantitative estimate of drug-likeness (QED) is 0.116. The zero-order chi connectivity index (χ0) is 44.1. The average Bonchev–Trinajstić information content (AvgIpc) is 3.92. The van der Waals surface area contributed by atoms with E-state index in [-0.39, 0.29) is 78.4 Å². The molecule has 3 rings (SSSR count). The molecular formula is C46H73N5O8. The number of nitrogens with zero attached hydrogens (tertiary/aromatic N) is 5. The van der Waals surface area contributed by atoms with Crippen LogP contribution in [0.15, 0.2) is 49.1 Å². The topological polar surface area (TPSA) is 141 Å². The van der Waals surface area contributed by atoms with Gasteiger partial charge in [0, 0.05) is 70.8 Å². The van der Waals surface area contributed by atoms with Gasteiger partial charge in [0.2, 0.25) is 11.8 Å². The Hall–Kier alpha value is -3.94. The summed E-state index contributed by atoms with van der Waals surface area (Å²) in [7, 11) is 8.72. The summed E-state index contributed by atoms with van der Waals surface area (Å²) in [6.45, 7) is 16.4. The maximum absolute atomic E-state index is 14.4. The molecule has 13 heteroatoms. The molecule has 1 fully saturated rings. The molecule has 1 aliphatic rings. The standard InChI is InChI=1S/C46H73N5O8/c1-14-31(6)42(49(11)45(55)35(29(2)3)26-38(53)41(30(4)5)48(9)10)39(57-12)27-40(54)51-23-18-21-36(51)44(58-13)33(8)37(52)25-32(7)43(34-19-16-15-17-20-34)59-46(56)50-24-22-47-28-50/h15-17,19-20,22,24,28-33,35-36,39,41-44H,14,18,21,23,25-27H2,1-13H3/t31-,32-,33-,35-,36-,39+,41-,42-,43+,44+/m0/s1. The second kappa shape index (κ2) is 23.2. The van der Waals surface area contributed by atoms with E-state index in [2.05, 4.69) is 18.8 Å². The second-order valence-electron chi connectivity index (χ2n) is 17.6. The van der Waals surface area contributed by atoms with Crippen molar-refractivity contribution in [1.29, 1.82) is 0 Å². The Morgan fingerprint density at radius 3 is 2.03 bits per heavy atom. The van der Waals surface area contributed by atoms with Crippen LogP contribution in [0.2, 0.25) is 0 Å². The fourth-order valence-corrected chi connectivity index (χ4v) is 9.11. The molecule has 330 valence electrons. The predicted molar refractivity (Wildman–Crippen MR) is 228 cm³/mol. The fraction of sp³-hybridized carbons (Fsp3) is 0.696.